The third-order valence-electron chi connectivity index (χ3n) is 7.81. The van der Waals surface area contributed by atoms with Crippen LogP contribution in [0.15, 0.2) is 72.8 Å². The Bertz CT molecular complexity index is 1710. The minimum atomic E-state index is -5.08. The van der Waals surface area contributed by atoms with Crippen molar-refractivity contribution in [1.82, 2.24) is 0 Å². The number of anilines is 1. The van der Waals surface area contributed by atoms with Gasteiger partial charge in [-0.05, 0) is 54.1 Å². The van der Waals surface area contributed by atoms with Gasteiger partial charge in [0.2, 0.25) is 0 Å². The highest BCUT2D eigenvalue weighted by Crippen LogP contribution is 2.24. The van der Waals surface area contributed by atoms with Gasteiger partial charge in [0.25, 0.3) is 5.91 Å². The minimum Gasteiger partial charge on any atom is -0.508 e. The first-order valence-corrected chi connectivity index (χ1v) is 15.6. The number of ether oxygens (including phenoxy) is 1. The van der Waals surface area contributed by atoms with Crippen LogP contribution in [0.25, 0.3) is 0 Å². The Kier molecular flexibility index (Phi) is 13.1. The number of benzene rings is 3. The lowest BCUT2D eigenvalue weighted by molar-refractivity contribution is -0.918. The van der Waals surface area contributed by atoms with E-state index in [-0.39, 0.29) is 29.8 Å². The number of likely N-dealkylation sites (tertiary alicyclic amines) is 1. The van der Waals surface area contributed by atoms with Gasteiger partial charge in [0.05, 0.1) is 19.5 Å². The highest BCUT2D eigenvalue weighted by Gasteiger charge is 2.40. The number of primary amides is 1. The number of esters is 1. The number of aliphatic carboxylic acids is 1. The molecule has 3 aromatic carbocycles. The van der Waals surface area contributed by atoms with Gasteiger partial charge in [-0.1, -0.05) is 38.1 Å². The molecule has 0 aromatic heterocycles. The number of carbonyl (C=O) groups excluding carboxylic acids is 3. The number of nitrogens with one attached hydrogen (secondary N) is 1. The van der Waals surface area contributed by atoms with E-state index in [1.54, 1.807) is 68.4 Å². The number of halogens is 3. The number of carbonyl (C=O) groups is 4. The van der Waals surface area contributed by atoms with Gasteiger partial charge >= 0.3 is 24.1 Å². The third kappa shape index (κ3) is 11.6. The van der Waals surface area contributed by atoms with Crippen molar-refractivity contribution in [2.75, 3.05) is 25.5 Å². The van der Waals surface area contributed by atoms with E-state index in [2.05, 4.69) is 12.4 Å². The highest BCUT2D eigenvalue weighted by molar-refractivity contribution is 5.94. The van der Waals surface area contributed by atoms with Gasteiger partial charge in [-0.2, -0.15) is 22.5 Å². The number of carboxylic acid groups (broad SMARTS) is 1. The number of quaternary nitrogens is 1. The molecule has 0 bridgehead atoms. The van der Waals surface area contributed by atoms with Crippen molar-refractivity contribution in [2.24, 2.45) is 11.7 Å². The molecule has 3 aromatic rings. The summed E-state index contributed by atoms with van der Waals surface area (Å²) in [5.74, 6) is -3.40. The summed E-state index contributed by atoms with van der Waals surface area (Å²) in [4.78, 5) is 47.8. The number of phenols is 2. The van der Waals surface area contributed by atoms with Gasteiger partial charge in [0, 0.05) is 24.8 Å². The number of nitrogens with zero attached hydrogens (tertiary/aromatic N) is 2. The molecule has 1 unspecified atom stereocenters. The molecule has 1 saturated heterocycles. The molecule has 0 spiro atoms. The molecule has 0 saturated carbocycles. The lowest BCUT2D eigenvalue weighted by Crippen LogP contribution is -2.56. The van der Waals surface area contributed by atoms with Crippen molar-refractivity contribution in [3.05, 3.63) is 83.9 Å². The van der Waals surface area contributed by atoms with Crippen molar-refractivity contribution >= 4 is 35.3 Å². The number of hydrogen-bond donors (Lipinski definition) is 5. The summed E-state index contributed by atoms with van der Waals surface area (Å²) in [6.07, 6.45) is -3.54. The lowest BCUT2D eigenvalue weighted by Gasteiger charge is -2.38. The number of amides is 3. The standard InChI is InChI=1S/C33H38N4O6.C2HF3O2/c1-22(2)32(41)43-29-15-11-25(12-16-29)35-33(42)36(30(31(34)40)19-23-9-13-27(38)14-10-23)26-7-5-17-37(3,21-26)20-24-6-4-8-28(39)18-24;3-2(4,5)1(6)7/h4,6,8-16,18,22,30H,5,7,17,19-21H2,1-3H3,(H3-2,34,35,38,39,40,42);(H,6,7)/p+2/b36-26+;/t30-,37?;/m0./s1. The summed E-state index contributed by atoms with van der Waals surface area (Å²) >= 11 is 0. The van der Waals surface area contributed by atoms with Crippen molar-refractivity contribution in [3.63, 3.8) is 0 Å². The van der Waals surface area contributed by atoms with E-state index in [9.17, 15) is 37.8 Å². The Hall–Kier alpha value is -5.44. The number of rotatable bonds is 9. The Morgan fingerprint density at radius 3 is 2.12 bits per heavy atom. The summed E-state index contributed by atoms with van der Waals surface area (Å²) in [5.41, 5.74) is 8.89. The van der Waals surface area contributed by atoms with E-state index < -0.39 is 30.1 Å². The summed E-state index contributed by atoms with van der Waals surface area (Å²) in [5, 5.41) is 29.8. The second-order valence-electron chi connectivity index (χ2n) is 12.5. The van der Waals surface area contributed by atoms with Gasteiger partial charge in [-0.15, -0.1) is 0 Å². The smallest absolute Gasteiger partial charge is 0.496 e. The Morgan fingerprint density at radius 1 is 0.960 bits per heavy atom. The second-order valence-corrected chi connectivity index (χ2v) is 12.5. The number of phenolic OH excluding ortho intramolecular Hbond substituents is 2. The fraction of sp³-hybridized carbons (Fsp3) is 0.343. The van der Waals surface area contributed by atoms with Crippen molar-refractivity contribution < 1.29 is 61.5 Å². The molecule has 1 aliphatic heterocycles. The summed E-state index contributed by atoms with van der Waals surface area (Å²) in [6.45, 7) is 5.46. The molecule has 50 heavy (non-hydrogen) atoms. The largest absolute Gasteiger partial charge is 0.508 e. The first kappa shape index (κ1) is 39.0. The van der Waals surface area contributed by atoms with Gasteiger partial charge in [-0.3, -0.25) is 9.59 Å². The third-order valence-corrected chi connectivity index (χ3v) is 7.81. The lowest BCUT2D eigenvalue weighted by atomic mass is 10.0. The SMILES string of the molecule is CC(C)C(=O)Oc1ccc(NC(=O)/[N+](=C2\CCC[N+](C)(Cc3cccc(O)c3)C2)[C@@H](Cc2ccc(O)cc2)C(N)=O)cc1.O=C(O)C(F)(F)F. The molecular formula is C35H41F3N4O8+2. The maximum atomic E-state index is 14.0. The zero-order chi connectivity index (χ0) is 37.2. The molecule has 1 aliphatic rings. The molecule has 4 rings (SSSR count). The molecule has 0 radical (unpaired) electrons. The van der Waals surface area contributed by atoms with E-state index in [0.29, 0.717) is 35.4 Å². The molecule has 3 amide bonds. The van der Waals surface area contributed by atoms with Crippen LogP contribution < -0.4 is 15.8 Å². The van der Waals surface area contributed by atoms with Crippen LogP contribution >= 0.6 is 0 Å². The number of aromatic hydroxyl groups is 2. The molecule has 1 fully saturated rings. The molecular weight excluding hydrogens is 661 g/mol. The van der Waals surface area contributed by atoms with E-state index in [4.69, 9.17) is 20.4 Å². The maximum absolute atomic E-state index is 14.0. The zero-order valence-corrected chi connectivity index (χ0v) is 27.8. The van der Waals surface area contributed by atoms with Gasteiger partial charge in [0.1, 0.15) is 41.7 Å². The van der Waals surface area contributed by atoms with E-state index in [1.807, 2.05) is 6.07 Å². The number of alkyl halides is 3. The quantitative estimate of drug-likeness (QED) is 0.0912. The Balaban J connectivity index is 0.000000872. The van der Waals surface area contributed by atoms with Crippen LogP contribution in [0.2, 0.25) is 0 Å². The number of hydrogen-bond acceptors (Lipinski definition) is 7. The van der Waals surface area contributed by atoms with Gasteiger partial charge in [-0.25, -0.2) is 10.1 Å². The average Bonchev–Trinajstić information content (AvgIpc) is 3.02. The molecule has 12 nitrogen and oxygen atoms in total. The first-order chi connectivity index (χ1) is 23.4. The Morgan fingerprint density at radius 2 is 1.58 bits per heavy atom. The van der Waals surface area contributed by atoms with E-state index >= 15 is 0 Å². The van der Waals surface area contributed by atoms with Crippen LogP contribution in [0.1, 0.15) is 37.8 Å². The van der Waals surface area contributed by atoms with Crippen LogP contribution in [0.3, 0.4) is 0 Å². The topological polar surface area (TPSA) is 179 Å². The van der Waals surface area contributed by atoms with Crippen molar-refractivity contribution in [1.29, 1.82) is 0 Å². The predicted molar refractivity (Wildman–Crippen MR) is 177 cm³/mol. The molecule has 0 aliphatic carbocycles. The fourth-order valence-corrected chi connectivity index (χ4v) is 5.39. The van der Waals surface area contributed by atoms with E-state index in [1.165, 1.54) is 16.7 Å². The highest BCUT2D eigenvalue weighted by atomic mass is 19.4. The van der Waals surface area contributed by atoms with E-state index in [0.717, 1.165) is 29.8 Å². The fourth-order valence-electron chi connectivity index (χ4n) is 5.39. The summed E-state index contributed by atoms with van der Waals surface area (Å²) in [7, 11) is 2.09. The van der Waals surface area contributed by atoms with Crippen molar-refractivity contribution in [2.45, 2.75) is 51.9 Å². The normalized spacial score (nSPS) is 17.5. The molecule has 1 heterocycles. The second kappa shape index (κ2) is 16.8. The van der Waals surface area contributed by atoms with Crippen LogP contribution in [0.5, 0.6) is 17.2 Å². The average molecular weight is 703 g/mol. The first-order valence-electron chi connectivity index (χ1n) is 15.6. The van der Waals surface area contributed by atoms with Gasteiger partial charge < -0.3 is 30.3 Å². The Labute approximate surface area is 286 Å². The number of carboxylic acids is 1. The van der Waals surface area contributed by atoms with Crippen LogP contribution in [-0.2, 0) is 27.3 Å². The minimum absolute atomic E-state index is 0.0955. The molecule has 268 valence electrons. The summed E-state index contributed by atoms with van der Waals surface area (Å²) in [6, 6.07) is 18.6. The summed E-state index contributed by atoms with van der Waals surface area (Å²) < 4.78 is 39.1. The number of nitrogens with two attached hydrogens (primary N) is 1. The van der Waals surface area contributed by atoms with Crippen LogP contribution in [-0.4, -0.2) is 86.3 Å². The molecule has 2 atom stereocenters. The number of piperidine rings is 1. The predicted octanol–water partition coefficient (Wildman–Crippen LogP) is 4.82. The van der Waals surface area contributed by atoms with Gasteiger partial charge in [0.15, 0.2) is 6.04 Å². The monoisotopic (exact) mass is 702 g/mol. The zero-order valence-electron chi connectivity index (χ0n) is 27.8. The van der Waals surface area contributed by atoms with Crippen LogP contribution in [0.4, 0.5) is 23.7 Å². The molecule has 6 N–H and O–H groups in total. The maximum Gasteiger partial charge on any atom is 0.496 e. The number of urea groups is 1. The van der Waals surface area contributed by atoms with Crippen molar-refractivity contribution in [3.8, 4) is 17.2 Å². The van der Waals surface area contributed by atoms with Crippen LogP contribution in [0, 0.1) is 5.92 Å². The molecule has 15 heteroatoms.